The molecule has 0 bridgehead atoms. The summed E-state index contributed by atoms with van der Waals surface area (Å²) in [7, 11) is 0. The van der Waals surface area contributed by atoms with E-state index in [2.05, 4.69) is 74.5 Å². The van der Waals surface area contributed by atoms with Crippen LogP contribution in [-0.4, -0.2) is 21.1 Å². The number of benzene rings is 2. The summed E-state index contributed by atoms with van der Waals surface area (Å²) in [6.45, 7) is 4.78. The van der Waals surface area contributed by atoms with Crippen molar-refractivity contribution in [3.8, 4) is 0 Å². The van der Waals surface area contributed by atoms with Gasteiger partial charge in [-0.1, -0.05) is 0 Å². The Bertz CT molecular complexity index is 398. The average Bonchev–Trinajstić information content (AvgIpc) is 2.40. The van der Waals surface area contributed by atoms with Crippen LogP contribution in [0.2, 0.25) is 0 Å². The van der Waals surface area contributed by atoms with Crippen LogP contribution in [0.15, 0.2) is 60.7 Å². The molecular formula is C16H18OSn. The van der Waals surface area contributed by atoms with Gasteiger partial charge >= 0.3 is 115 Å². The van der Waals surface area contributed by atoms with E-state index in [9.17, 15) is 0 Å². The quantitative estimate of drug-likeness (QED) is 0.747. The van der Waals surface area contributed by atoms with Gasteiger partial charge in [0.05, 0.1) is 0 Å². The first-order chi connectivity index (χ1) is 8.27. The van der Waals surface area contributed by atoms with Crippen LogP contribution in [0.25, 0.3) is 0 Å². The van der Waals surface area contributed by atoms with Crippen molar-refractivity contribution in [1.29, 1.82) is 0 Å². The normalized spacial score (nSPS) is 13.0. The molecule has 1 nitrogen and oxygen atoms in total. The minimum Gasteiger partial charge on any atom is -2.00 e. The Hall–Kier alpha value is -0.801. The molecule has 0 heterocycles. The maximum Gasteiger partial charge on any atom is -2.00 e. The zero-order valence-corrected chi connectivity index (χ0v) is 13.7. The van der Waals surface area contributed by atoms with E-state index in [4.69, 9.17) is 0 Å². The fourth-order valence-electron chi connectivity index (χ4n) is 2.05. The van der Waals surface area contributed by atoms with Crippen molar-refractivity contribution in [3.05, 3.63) is 71.8 Å². The molecule has 0 aliphatic rings. The van der Waals surface area contributed by atoms with Crippen molar-refractivity contribution in [3.63, 3.8) is 0 Å². The van der Waals surface area contributed by atoms with Crippen LogP contribution in [-0.2, 0) is 5.48 Å². The predicted molar refractivity (Wildman–Crippen MR) is 76.2 cm³/mol. The van der Waals surface area contributed by atoms with Crippen LogP contribution in [0.3, 0.4) is 0 Å². The van der Waals surface area contributed by atoms with E-state index in [-0.39, 0.29) is 5.48 Å². The van der Waals surface area contributed by atoms with Crippen molar-refractivity contribution >= 4 is 21.1 Å². The summed E-state index contributed by atoms with van der Waals surface area (Å²) in [5, 5.41) is 0. The van der Waals surface area contributed by atoms with Crippen molar-refractivity contribution < 1.29 is 5.48 Å². The van der Waals surface area contributed by atoms with Gasteiger partial charge in [0.25, 0.3) is 0 Å². The maximum absolute atomic E-state index is 2.39. The van der Waals surface area contributed by atoms with E-state index in [1.807, 2.05) is 0 Å². The van der Waals surface area contributed by atoms with E-state index in [1.54, 1.807) is 0 Å². The van der Waals surface area contributed by atoms with Gasteiger partial charge in [0.15, 0.2) is 0 Å². The van der Waals surface area contributed by atoms with E-state index in [0.717, 1.165) is 7.87 Å². The molecule has 2 unspecified atom stereocenters. The fourth-order valence-corrected chi connectivity index (χ4v) is 6.39. The number of hydrogen-bond donors (Lipinski definition) is 0. The molecule has 18 heavy (non-hydrogen) atoms. The number of rotatable bonds is 4. The molecule has 2 aromatic carbocycles. The van der Waals surface area contributed by atoms with Gasteiger partial charge in [-0.2, -0.15) is 0 Å². The molecule has 0 fully saturated rings. The minimum atomic E-state index is -0.436. The Morgan fingerprint density at radius 1 is 0.667 bits per heavy atom. The third-order valence-electron chi connectivity index (χ3n) is 3.10. The van der Waals surface area contributed by atoms with Gasteiger partial charge in [-0.25, -0.2) is 0 Å². The van der Waals surface area contributed by atoms with E-state index in [0.29, 0.717) is 0 Å². The van der Waals surface area contributed by atoms with Gasteiger partial charge in [-0.3, -0.25) is 0 Å². The summed E-state index contributed by atoms with van der Waals surface area (Å²) in [6, 6.07) is 21.9. The first kappa shape index (κ1) is 15.3. The Balaban J connectivity index is 0.00000162. The van der Waals surface area contributed by atoms with Gasteiger partial charge in [0.1, 0.15) is 0 Å². The topological polar surface area (TPSA) is 28.5 Å². The Kier molecular flexibility index (Phi) is 6.44. The summed E-state index contributed by atoms with van der Waals surface area (Å²) < 4.78 is 1.57. The standard InChI is InChI=1S/2C8H9.O.Sn/c2*1-2-8-6-4-3-5-7-8;;/h2*2-7H,1H3;;/q;;-2;+2. The van der Waals surface area contributed by atoms with Crippen LogP contribution in [0.4, 0.5) is 0 Å². The first-order valence-electron chi connectivity index (χ1n) is 6.13. The van der Waals surface area contributed by atoms with Gasteiger partial charge in [-0.05, 0) is 0 Å². The molecule has 2 rings (SSSR count). The van der Waals surface area contributed by atoms with E-state index in [1.165, 1.54) is 11.1 Å². The molecule has 0 amide bonds. The Morgan fingerprint density at radius 2 is 1.00 bits per heavy atom. The van der Waals surface area contributed by atoms with Crippen molar-refractivity contribution in [2.75, 3.05) is 0 Å². The minimum absolute atomic E-state index is 0. The fraction of sp³-hybridized carbons (Fsp3) is 0.250. The molecule has 0 aromatic heterocycles. The molecule has 2 atom stereocenters. The summed E-state index contributed by atoms with van der Waals surface area (Å²) in [4.78, 5) is 0. The molecule has 2 heteroatoms. The zero-order chi connectivity index (χ0) is 12.1. The molecule has 0 N–H and O–H groups in total. The molecule has 0 saturated heterocycles. The van der Waals surface area contributed by atoms with Gasteiger partial charge < -0.3 is 5.48 Å². The molecule has 92 valence electrons. The molecule has 0 radical (unpaired) electrons. The monoisotopic (exact) mass is 346 g/mol. The van der Waals surface area contributed by atoms with Gasteiger partial charge in [0, 0.05) is 0 Å². The predicted octanol–water partition coefficient (Wildman–Crippen LogP) is 4.09. The second-order valence-corrected chi connectivity index (χ2v) is 10.3. The largest absolute Gasteiger partial charge is 2.00 e. The Labute approximate surface area is 120 Å². The van der Waals surface area contributed by atoms with E-state index >= 15 is 0 Å². The first-order valence-corrected chi connectivity index (χ1v) is 9.43. The summed E-state index contributed by atoms with van der Waals surface area (Å²) >= 11 is -0.436. The average molecular weight is 345 g/mol. The molecule has 0 spiro atoms. The molecule has 0 aliphatic heterocycles. The third-order valence-corrected chi connectivity index (χ3v) is 7.86. The molecule has 0 aliphatic carbocycles. The van der Waals surface area contributed by atoms with Gasteiger partial charge in [-0.15, -0.1) is 0 Å². The van der Waals surface area contributed by atoms with Crippen molar-refractivity contribution in [2.45, 2.75) is 21.7 Å². The van der Waals surface area contributed by atoms with E-state index < -0.39 is 21.1 Å². The molecule has 2 aromatic rings. The molecular weight excluding hydrogens is 327 g/mol. The van der Waals surface area contributed by atoms with Crippen LogP contribution in [0.5, 0.6) is 0 Å². The second-order valence-electron chi connectivity index (χ2n) is 4.43. The van der Waals surface area contributed by atoms with Crippen molar-refractivity contribution in [1.82, 2.24) is 0 Å². The molecule has 0 saturated carbocycles. The summed E-state index contributed by atoms with van der Waals surface area (Å²) in [5.41, 5.74) is 3.03. The Morgan fingerprint density at radius 3 is 1.33 bits per heavy atom. The van der Waals surface area contributed by atoms with Crippen LogP contribution < -0.4 is 0 Å². The smallest absolute Gasteiger partial charge is 2.00 e. The van der Waals surface area contributed by atoms with Crippen LogP contribution >= 0.6 is 0 Å². The SMILES string of the molecule is C[CH]([Sn+2][CH](C)c1ccccc1)c1ccccc1.[O-2]. The summed E-state index contributed by atoms with van der Waals surface area (Å²) in [5.74, 6) is 0. The van der Waals surface area contributed by atoms with Crippen LogP contribution in [0, 0.1) is 0 Å². The third kappa shape index (κ3) is 4.14. The summed E-state index contributed by atoms with van der Waals surface area (Å²) in [6.07, 6.45) is 0. The second kappa shape index (κ2) is 7.59. The van der Waals surface area contributed by atoms with Crippen LogP contribution in [0.1, 0.15) is 32.8 Å². The zero-order valence-electron chi connectivity index (χ0n) is 10.8. The van der Waals surface area contributed by atoms with Gasteiger partial charge in [0.2, 0.25) is 0 Å². The van der Waals surface area contributed by atoms with Crippen molar-refractivity contribution in [2.24, 2.45) is 0 Å². The maximum atomic E-state index is 2.39. The number of hydrogen-bond acceptors (Lipinski definition) is 0.